The summed E-state index contributed by atoms with van der Waals surface area (Å²) < 4.78 is 0.849. The number of benzene rings is 1. The summed E-state index contributed by atoms with van der Waals surface area (Å²) >= 11 is 9.42. The number of nitro benzene ring substituents is 1. The first-order valence-corrected chi connectivity index (χ1v) is 7.76. The minimum absolute atomic E-state index is 0.0506. The van der Waals surface area contributed by atoms with E-state index >= 15 is 0 Å². The average molecular weight is 385 g/mol. The van der Waals surface area contributed by atoms with Crippen molar-refractivity contribution < 1.29 is 9.72 Å². The molecular formula is C13H9BrN2O3S2. The number of rotatable bonds is 4. The maximum Gasteiger partial charge on any atom is 0.284 e. The maximum absolute atomic E-state index is 12.2. The summed E-state index contributed by atoms with van der Waals surface area (Å²) in [7, 11) is 0. The van der Waals surface area contributed by atoms with Crippen molar-refractivity contribution in [3.63, 3.8) is 0 Å². The molecule has 0 atom stereocenters. The molecule has 1 aromatic carbocycles. The normalized spacial score (nSPS) is 16.6. The van der Waals surface area contributed by atoms with Crippen molar-refractivity contribution in [3.8, 4) is 0 Å². The molecule has 0 aromatic heterocycles. The van der Waals surface area contributed by atoms with E-state index in [2.05, 4.69) is 22.5 Å². The number of carbonyl (C=O) groups is 1. The lowest BCUT2D eigenvalue weighted by atomic mass is 10.2. The SMILES string of the molecule is C=CCN1C(=O)/C(=C\c2ccc(Br)c([N+](=O)[O-])c2)SC1=S. The molecule has 1 aliphatic rings. The predicted octanol–water partition coefficient (Wildman–Crippen LogP) is 3.74. The predicted molar refractivity (Wildman–Crippen MR) is 90.9 cm³/mol. The first kappa shape index (κ1) is 15.9. The molecule has 0 saturated carbocycles. The van der Waals surface area contributed by atoms with E-state index in [0.717, 1.165) is 0 Å². The molecule has 1 heterocycles. The van der Waals surface area contributed by atoms with Crippen molar-refractivity contribution in [1.29, 1.82) is 0 Å². The van der Waals surface area contributed by atoms with Gasteiger partial charge in [0.15, 0.2) is 0 Å². The molecule has 21 heavy (non-hydrogen) atoms. The fraction of sp³-hybridized carbons (Fsp3) is 0.0769. The van der Waals surface area contributed by atoms with Crippen molar-refractivity contribution in [2.24, 2.45) is 0 Å². The van der Waals surface area contributed by atoms with Crippen molar-refractivity contribution in [1.82, 2.24) is 4.90 Å². The second-order valence-electron chi connectivity index (χ2n) is 4.05. The van der Waals surface area contributed by atoms with Gasteiger partial charge in [0.2, 0.25) is 0 Å². The Kier molecular flexibility index (Phi) is 4.92. The van der Waals surface area contributed by atoms with Crippen LogP contribution in [0.2, 0.25) is 0 Å². The lowest BCUT2D eigenvalue weighted by Gasteiger charge is -2.10. The van der Waals surface area contributed by atoms with E-state index < -0.39 is 4.92 Å². The number of hydrogen-bond acceptors (Lipinski definition) is 5. The quantitative estimate of drug-likeness (QED) is 0.260. The molecule has 1 aliphatic heterocycles. The third-order valence-electron chi connectivity index (χ3n) is 2.65. The maximum atomic E-state index is 12.2. The first-order valence-electron chi connectivity index (χ1n) is 5.74. The molecule has 0 spiro atoms. The van der Waals surface area contributed by atoms with E-state index in [-0.39, 0.29) is 11.6 Å². The van der Waals surface area contributed by atoms with Crippen molar-refractivity contribution >= 4 is 61.9 Å². The molecular weight excluding hydrogens is 376 g/mol. The Bertz CT molecular complexity index is 688. The molecule has 1 saturated heterocycles. The topological polar surface area (TPSA) is 63.5 Å². The number of nitrogens with zero attached hydrogens (tertiary/aromatic N) is 2. The summed E-state index contributed by atoms with van der Waals surface area (Å²) in [5, 5.41) is 10.9. The van der Waals surface area contributed by atoms with Crippen LogP contribution in [-0.2, 0) is 4.79 Å². The zero-order valence-corrected chi connectivity index (χ0v) is 13.8. The lowest BCUT2D eigenvalue weighted by Crippen LogP contribution is -2.27. The van der Waals surface area contributed by atoms with Gasteiger partial charge in [-0.25, -0.2) is 0 Å². The van der Waals surface area contributed by atoms with Gasteiger partial charge in [0.1, 0.15) is 4.32 Å². The molecule has 1 aromatic rings. The van der Waals surface area contributed by atoms with Crippen LogP contribution in [0.15, 0.2) is 40.2 Å². The van der Waals surface area contributed by atoms with Gasteiger partial charge in [0, 0.05) is 12.6 Å². The molecule has 0 bridgehead atoms. The van der Waals surface area contributed by atoms with Crippen LogP contribution in [-0.4, -0.2) is 26.6 Å². The van der Waals surface area contributed by atoms with Crippen molar-refractivity contribution in [2.45, 2.75) is 0 Å². The van der Waals surface area contributed by atoms with E-state index in [1.54, 1.807) is 24.3 Å². The van der Waals surface area contributed by atoms with Crippen LogP contribution >= 0.6 is 39.9 Å². The van der Waals surface area contributed by atoms with E-state index in [0.29, 0.717) is 25.8 Å². The largest absolute Gasteiger partial charge is 0.289 e. The van der Waals surface area contributed by atoms with Gasteiger partial charge in [-0.2, -0.15) is 0 Å². The molecule has 0 N–H and O–H groups in total. The minimum atomic E-state index is -0.482. The zero-order valence-electron chi connectivity index (χ0n) is 10.6. The van der Waals surface area contributed by atoms with Crippen LogP contribution in [0.4, 0.5) is 5.69 Å². The lowest BCUT2D eigenvalue weighted by molar-refractivity contribution is -0.385. The third-order valence-corrected chi connectivity index (χ3v) is 4.70. The van der Waals surface area contributed by atoms with Crippen LogP contribution in [0.25, 0.3) is 6.08 Å². The summed E-state index contributed by atoms with van der Waals surface area (Å²) in [6.45, 7) is 3.93. The summed E-state index contributed by atoms with van der Waals surface area (Å²) in [5.41, 5.74) is 0.523. The Balaban J connectivity index is 2.35. The zero-order chi connectivity index (χ0) is 15.6. The fourth-order valence-corrected chi connectivity index (χ4v) is 3.36. The van der Waals surface area contributed by atoms with Crippen LogP contribution in [0.1, 0.15) is 5.56 Å². The van der Waals surface area contributed by atoms with Crippen LogP contribution in [0, 0.1) is 10.1 Å². The highest BCUT2D eigenvalue weighted by atomic mass is 79.9. The Hall–Kier alpha value is -1.51. The molecule has 108 valence electrons. The van der Waals surface area contributed by atoms with Crippen molar-refractivity contribution in [3.05, 3.63) is 55.9 Å². The Labute approximate surface area is 139 Å². The highest BCUT2D eigenvalue weighted by Crippen LogP contribution is 2.33. The summed E-state index contributed by atoms with van der Waals surface area (Å²) in [5.74, 6) is -0.213. The molecule has 5 nitrogen and oxygen atoms in total. The Morgan fingerprint density at radius 3 is 2.86 bits per heavy atom. The molecule has 1 amide bonds. The van der Waals surface area contributed by atoms with Gasteiger partial charge in [-0.1, -0.05) is 36.1 Å². The smallest absolute Gasteiger partial charge is 0.284 e. The second-order valence-corrected chi connectivity index (χ2v) is 6.58. The van der Waals surface area contributed by atoms with Gasteiger partial charge in [-0.3, -0.25) is 19.8 Å². The van der Waals surface area contributed by atoms with E-state index in [1.807, 2.05) is 0 Å². The average Bonchev–Trinajstić information content (AvgIpc) is 2.69. The third kappa shape index (κ3) is 3.39. The molecule has 1 fully saturated rings. The summed E-state index contributed by atoms with van der Waals surface area (Å²) in [6, 6.07) is 4.68. The number of nitro groups is 1. The number of hydrogen-bond donors (Lipinski definition) is 0. The van der Waals surface area contributed by atoms with Gasteiger partial charge in [0.05, 0.1) is 14.3 Å². The second kappa shape index (κ2) is 6.50. The van der Waals surface area contributed by atoms with Crippen LogP contribution in [0.3, 0.4) is 0 Å². The monoisotopic (exact) mass is 384 g/mol. The van der Waals surface area contributed by atoms with E-state index in [4.69, 9.17) is 12.2 Å². The van der Waals surface area contributed by atoms with Crippen LogP contribution in [0.5, 0.6) is 0 Å². The molecule has 0 unspecified atom stereocenters. The summed E-state index contributed by atoms with van der Waals surface area (Å²) in [4.78, 5) is 24.5. The van der Waals surface area contributed by atoms with Crippen molar-refractivity contribution in [2.75, 3.05) is 6.54 Å². The minimum Gasteiger partial charge on any atom is -0.289 e. The van der Waals surface area contributed by atoms with Gasteiger partial charge in [-0.05, 0) is 33.6 Å². The number of carbonyl (C=O) groups excluding carboxylic acids is 1. The number of halogens is 1. The number of amides is 1. The Morgan fingerprint density at radius 1 is 1.52 bits per heavy atom. The molecule has 8 heteroatoms. The highest BCUT2D eigenvalue weighted by Gasteiger charge is 2.31. The van der Waals surface area contributed by atoms with E-state index in [1.165, 1.54) is 22.7 Å². The summed E-state index contributed by atoms with van der Waals surface area (Å²) in [6.07, 6.45) is 3.19. The molecule has 2 rings (SSSR count). The standard InChI is InChI=1S/C13H9BrN2O3S2/c1-2-5-15-12(17)11(21-13(15)20)7-8-3-4-9(14)10(6-8)16(18)19/h2-4,6-7H,1,5H2/b11-7+. The number of thiocarbonyl (C=S) groups is 1. The van der Waals surface area contributed by atoms with Gasteiger partial charge in [-0.15, -0.1) is 6.58 Å². The number of thioether (sulfide) groups is 1. The van der Waals surface area contributed by atoms with Gasteiger partial charge < -0.3 is 0 Å². The van der Waals surface area contributed by atoms with Crippen LogP contribution < -0.4 is 0 Å². The first-order chi connectivity index (χ1) is 9.93. The highest BCUT2D eigenvalue weighted by molar-refractivity contribution is 9.10. The van der Waals surface area contributed by atoms with E-state index in [9.17, 15) is 14.9 Å². The molecule has 0 radical (unpaired) electrons. The fourth-order valence-electron chi connectivity index (χ4n) is 1.70. The Morgan fingerprint density at radius 2 is 2.24 bits per heavy atom. The van der Waals surface area contributed by atoms with Gasteiger partial charge >= 0.3 is 0 Å². The molecule has 0 aliphatic carbocycles. The van der Waals surface area contributed by atoms with Gasteiger partial charge in [0.25, 0.3) is 11.6 Å².